The third-order valence-corrected chi connectivity index (χ3v) is 6.64. The summed E-state index contributed by atoms with van der Waals surface area (Å²) in [6.45, 7) is 1.88. The summed E-state index contributed by atoms with van der Waals surface area (Å²) in [4.78, 5) is 23.6. The molecular weight excluding hydrogens is 418 g/mol. The summed E-state index contributed by atoms with van der Waals surface area (Å²) in [5, 5.41) is 10.7. The fraction of sp³-hybridized carbons (Fsp3) is 0.143. The molecule has 1 N–H and O–H groups in total. The van der Waals surface area contributed by atoms with Gasteiger partial charge in [0.1, 0.15) is 11.3 Å². The van der Waals surface area contributed by atoms with Crippen molar-refractivity contribution in [3.05, 3.63) is 53.0 Å². The molecule has 5 aromatic rings. The molecule has 0 saturated carbocycles. The second-order valence-electron chi connectivity index (χ2n) is 6.72. The van der Waals surface area contributed by atoms with E-state index in [0.717, 1.165) is 31.9 Å². The molecule has 4 heterocycles. The molecule has 0 fully saturated rings. The molecular formula is C21H17N5O2S2. The number of aromatic nitrogens is 4. The minimum Gasteiger partial charge on any atom is -0.494 e. The van der Waals surface area contributed by atoms with E-state index in [0.29, 0.717) is 22.1 Å². The maximum absolute atomic E-state index is 13.3. The first-order chi connectivity index (χ1) is 14.5. The highest BCUT2D eigenvalue weighted by Gasteiger charge is 2.21. The van der Waals surface area contributed by atoms with Gasteiger partial charge in [0.25, 0.3) is 5.91 Å². The molecule has 0 aliphatic carbocycles. The second-order valence-corrected chi connectivity index (χ2v) is 8.70. The summed E-state index contributed by atoms with van der Waals surface area (Å²) in [5.41, 5.74) is 3.44. The largest absolute Gasteiger partial charge is 0.494 e. The molecule has 150 valence electrons. The monoisotopic (exact) mass is 435 g/mol. The first kappa shape index (κ1) is 18.7. The third kappa shape index (κ3) is 3.03. The predicted molar refractivity (Wildman–Crippen MR) is 121 cm³/mol. The van der Waals surface area contributed by atoms with Gasteiger partial charge in [-0.1, -0.05) is 23.5 Å². The molecule has 0 aliphatic heterocycles. The first-order valence-electron chi connectivity index (χ1n) is 9.18. The number of amides is 1. The van der Waals surface area contributed by atoms with E-state index >= 15 is 0 Å². The highest BCUT2D eigenvalue weighted by atomic mass is 32.1. The number of carbonyl (C=O) groups excluding carboxylic acids is 1. The molecule has 1 amide bonds. The lowest BCUT2D eigenvalue weighted by Gasteiger charge is -2.07. The van der Waals surface area contributed by atoms with Crippen LogP contribution in [0.25, 0.3) is 31.8 Å². The normalized spacial score (nSPS) is 11.3. The number of thiazole rings is 1. The van der Waals surface area contributed by atoms with Crippen molar-refractivity contribution in [2.75, 3.05) is 12.4 Å². The second kappa shape index (κ2) is 7.19. The number of thiophene rings is 1. The van der Waals surface area contributed by atoms with E-state index in [9.17, 15) is 4.79 Å². The molecule has 0 aliphatic rings. The Morgan fingerprint density at radius 1 is 1.20 bits per heavy atom. The van der Waals surface area contributed by atoms with Gasteiger partial charge in [-0.05, 0) is 36.6 Å². The van der Waals surface area contributed by atoms with Gasteiger partial charge in [0, 0.05) is 7.05 Å². The van der Waals surface area contributed by atoms with Crippen molar-refractivity contribution in [3.63, 3.8) is 0 Å². The maximum Gasteiger partial charge on any atom is 0.258 e. The van der Waals surface area contributed by atoms with Crippen molar-refractivity contribution < 1.29 is 9.53 Å². The molecule has 1 aromatic carbocycles. The molecule has 30 heavy (non-hydrogen) atoms. The SMILES string of the molecule is COc1cccc2sc(NC(=O)c3cc(-c4cccs4)nc4c3c(C)nn4C)nc12. The fourth-order valence-electron chi connectivity index (χ4n) is 3.48. The van der Waals surface area contributed by atoms with Crippen molar-refractivity contribution in [3.8, 4) is 16.3 Å². The topological polar surface area (TPSA) is 81.9 Å². The Labute approximate surface area is 180 Å². The van der Waals surface area contributed by atoms with Crippen LogP contribution in [-0.2, 0) is 7.05 Å². The number of aryl methyl sites for hydroxylation is 2. The highest BCUT2D eigenvalue weighted by Crippen LogP contribution is 2.33. The summed E-state index contributed by atoms with van der Waals surface area (Å²) >= 11 is 2.99. The number of methoxy groups -OCH3 is 1. The number of rotatable bonds is 4. The van der Waals surface area contributed by atoms with Gasteiger partial charge < -0.3 is 4.74 Å². The number of anilines is 1. The zero-order valence-corrected chi connectivity index (χ0v) is 18.1. The van der Waals surface area contributed by atoms with Gasteiger partial charge in [0.2, 0.25) is 0 Å². The van der Waals surface area contributed by atoms with Crippen LogP contribution < -0.4 is 10.1 Å². The van der Waals surface area contributed by atoms with Gasteiger partial charge >= 0.3 is 0 Å². The summed E-state index contributed by atoms with van der Waals surface area (Å²) < 4.78 is 8.03. The maximum atomic E-state index is 13.3. The molecule has 9 heteroatoms. The lowest BCUT2D eigenvalue weighted by molar-refractivity contribution is 0.102. The third-order valence-electron chi connectivity index (χ3n) is 4.81. The predicted octanol–water partition coefficient (Wildman–Crippen LogP) is 4.88. The van der Waals surface area contributed by atoms with Gasteiger partial charge in [-0.15, -0.1) is 11.3 Å². The minimum absolute atomic E-state index is 0.241. The van der Waals surface area contributed by atoms with Crippen LogP contribution in [0.3, 0.4) is 0 Å². The van der Waals surface area contributed by atoms with Crippen LogP contribution in [0.2, 0.25) is 0 Å². The fourth-order valence-corrected chi connectivity index (χ4v) is 5.05. The Kier molecular flexibility index (Phi) is 4.48. The minimum atomic E-state index is -0.241. The number of benzene rings is 1. The molecule has 7 nitrogen and oxygen atoms in total. The molecule has 0 spiro atoms. The highest BCUT2D eigenvalue weighted by molar-refractivity contribution is 7.22. The van der Waals surface area contributed by atoms with Crippen LogP contribution in [0.15, 0.2) is 41.8 Å². The molecule has 0 unspecified atom stereocenters. The van der Waals surface area contributed by atoms with Crippen molar-refractivity contribution in [2.24, 2.45) is 7.05 Å². The number of ether oxygens (including phenoxy) is 1. The van der Waals surface area contributed by atoms with Crippen LogP contribution in [0.4, 0.5) is 5.13 Å². The van der Waals surface area contributed by atoms with E-state index in [1.807, 2.05) is 55.7 Å². The average Bonchev–Trinajstić information content (AvgIpc) is 3.46. The lowest BCUT2D eigenvalue weighted by Crippen LogP contribution is -2.13. The Bertz CT molecular complexity index is 1400. The zero-order valence-electron chi connectivity index (χ0n) is 16.5. The van der Waals surface area contributed by atoms with Crippen LogP contribution in [-0.4, -0.2) is 32.8 Å². The van der Waals surface area contributed by atoms with Crippen molar-refractivity contribution >= 4 is 55.0 Å². The molecule has 5 rings (SSSR count). The summed E-state index contributed by atoms with van der Waals surface area (Å²) in [5.74, 6) is 0.438. The van der Waals surface area contributed by atoms with E-state index in [1.54, 1.807) is 23.1 Å². The van der Waals surface area contributed by atoms with E-state index in [2.05, 4.69) is 15.4 Å². The number of nitrogens with zero attached hydrogens (tertiary/aromatic N) is 4. The average molecular weight is 436 g/mol. The molecule has 0 bridgehead atoms. The molecule has 0 saturated heterocycles. The molecule has 4 aromatic heterocycles. The van der Waals surface area contributed by atoms with E-state index in [1.165, 1.54) is 11.3 Å². The van der Waals surface area contributed by atoms with Gasteiger partial charge in [-0.25, -0.2) is 9.97 Å². The van der Waals surface area contributed by atoms with Gasteiger partial charge in [0.15, 0.2) is 10.8 Å². The Hall–Kier alpha value is -3.30. The Morgan fingerprint density at radius 2 is 2.07 bits per heavy atom. The van der Waals surface area contributed by atoms with Gasteiger partial charge in [0.05, 0.1) is 39.0 Å². The van der Waals surface area contributed by atoms with E-state index in [-0.39, 0.29) is 5.91 Å². The number of hydrogen-bond donors (Lipinski definition) is 1. The number of pyridine rings is 1. The summed E-state index contributed by atoms with van der Waals surface area (Å²) in [7, 11) is 3.44. The smallest absolute Gasteiger partial charge is 0.258 e. The molecule has 0 atom stereocenters. The van der Waals surface area contributed by atoms with Crippen LogP contribution in [0, 0.1) is 6.92 Å². The van der Waals surface area contributed by atoms with Gasteiger partial charge in [-0.3, -0.25) is 14.8 Å². The molecule has 0 radical (unpaired) electrons. The number of fused-ring (bicyclic) bond motifs is 2. The number of para-hydroxylation sites is 1. The lowest BCUT2D eigenvalue weighted by atomic mass is 10.1. The van der Waals surface area contributed by atoms with E-state index < -0.39 is 0 Å². The van der Waals surface area contributed by atoms with Crippen molar-refractivity contribution in [2.45, 2.75) is 6.92 Å². The van der Waals surface area contributed by atoms with Crippen LogP contribution in [0.5, 0.6) is 5.75 Å². The number of carbonyl (C=O) groups is 1. The van der Waals surface area contributed by atoms with Crippen LogP contribution >= 0.6 is 22.7 Å². The van der Waals surface area contributed by atoms with E-state index in [4.69, 9.17) is 9.72 Å². The Morgan fingerprint density at radius 3 is 2.83 bits per heavy atom. The quantitative estimate of drug-likeness (QED) is 0.435. The number of nitrogens with one attached hydrogen (secondary N) is 1. The van der Waals surface area contributed by atoms with Crippen LogP contribution in [0.1, 0.15) is 16.1 Å². The zero-order chi connectivity index (χ0) is 20.8. The number of hydrogen-bond acceptors (Lipinski definition) is 7. The van der Waals surface area contributed by atoms with Crippen molar-refractivity contribution in [1.29, 1.82) is 0 Å². The van der Waals surface area contributed by atoms with Gasteiger partial charge in [-0.2, -0.15) is 5.10 Å². The summed E-state index contributed by atoms with van der Waals surface area (Å²) in [6.07, 6.45) is 0. The standard InChI is InChI=1S/C21H17N5O2S2/c1-11-17-12(10-13(15-8-5-9-29-15)22-19(17)26(2)25-11)20(27)24-21-23-18-14(28-3)6-4-7-16(18)30-21/h4-10H,1-3H3,(H,23,24,27). The summed E-state index contributed by atoms with van der Waals surface area (Å²) in [6, 6.07) is 11.5. The van der Waals surface area contributed by atoms with Crippen molar-refractivity contribution in [1.82, 2.24) is 19.7 Å². The Balaban J connectivity index is 1.61. The first-order valence-corrected chi connectivity index (χ1v) is 10.9.